The number of hydrogen-bond acceptors (Lipinski definition) is 6. The van der Waals surface area contributed by atoms with Gasteiger partial charge in [-0.3, -0.25) is 14.6 Å². The van der Waals surface area contributed by atoms with E-state index in [0.29, 0.717) is 11.3 Å². The molecule has 0 unspecified atom stereocenters. The Kier molecular flexibility index (Phi) is 4.33. The molecule has 0 saturated carbocycles. The Morgan fingerprint density at radius 3 is 2.83 bits per heavy atom. The number of carbonyl (C=O) groups is 2. The molecule has 0 aliphatic heterocycles. The van der Waals surface area contributed by atoms with E-state index in [9.17, 15) is 14.7 Å². The van der Waals surface area contributed by atoms with E-state index in [1.165, 1.54) is 6.20 Å². The predicted octanol–water partition coefficient (Wildman–Crippen LogP) is -1.48. The number of aliphatic hydroxyl groups excluding tert-OH is 1. The fourth-order valence-corrected chi connectivity index (χ4v) is 1.13. The lowest BCUT2D eigenvalue weighted by Crippen LogP contribution is -2.32. The lowest BCUT2D eigenvalue weighted by molar-refractivity contribution is -0.137. The van der Waals surface area contributed by atoms with Gasteiger partial charge < -0.3 is 15.9 Å². The molecule has 1 aromatic rings. The third kappa shape index (κ3) is 3.01. The van der Waals surface area contributed by atoms with Crippen molar-refractivity contribution < 1.29 is 19.8 Å². The van der Waals surface area contributed by atoms with Crippen molar-refractivity contribution in [2.45, 2.75) is 13.5 Å². The highest BCUT2D eigenvalue weighted by atomic mass is 16.3. The molecule has 1 aromatic heterocycles. The maximum Gasteiger partial charge on any atom is 0.329 e. The van der Waals surface area contributed by atoms with E-state index in [0.717, 1.165) is 6.21 Å². The van der Waals surface area contributed by atoms with E-state index in [1.54, 1.807) is 6.92 Å². The van der Waals surface area contributed by atoms with E-state index in [-0.39, 0.29) is 17.9 Å². The van der Waals surface area contributed by atoms with Crippen molar-refractivity contribution in [2.75, 3.05) is 0 Å². The molecule has 0 aliphatic rings. The number of pyridine rings is 1. The van der Waals surface area contributed by atoms with E-state index >= 15 is 0 Å². The SMILES string of the molecule is Cc1ncc(CO)c(C=NNC(=O)C(N)=O)c1O. The van der Waals surface area contributed by atoms with Crippen molar-refractivity contribution in [3.05, 3.63) is 23.0 Å². The molecular weight excluding hydrogens is 240 g/mol. The van der Waals surface area contributed by atoms with Gasteiger partial charge in [0, 0.05) is 17.3 Å². The molecule has 0 spiro atoms. The summed E-state index contributed by atoms with van der Waals surface area (Å²) in [6.07, 6.45) is 2.46. The van der Waals surface area contributed by atoms with Gasteiger partial charge in [0.1, 0.15) is 5.75 Å². The van der Waals surface area contributed by atoms with Gasteiger partial charge in [0.2, 0.25) is 0 Å². The number of aryl methyl sites for hydroxylation is 1. The topological polar surface area (TPSA) is 138 Å². The van der Waals surface area contributed by atoms with Gasteiger partial charge >= 0.3 is 11.8 Å². The summed E-state index contributed by atoms with van der Waals surface area (Å²) < 4.78 is 0. The average Bonchev–Trinajstić information content (AvgIpc) is 2.34. The minimum atomic E-state index is -1.18. The number of hydrazone groups is 1. The Balaban J connectivity index is 2.96. The van der Waals surface area contributed by atoms with Crippen LogP contribution in [-0.2, 0) is 16.2 Å². The first-order chi connectivity index (χ1) is 8.47. The number of aliphatic hydroxyl groups is 1. The molecular formula is C10H12N4O4. The van der Waals surface area contributed by atoms with E-state index in [2.05, 4.69) is 10.1 Å². The number of nitrogens with zero attached hydrogens (tertiary/aromatic N) is 2. The van der Waals surface area contributed by atoms with Gasteiger partial charge in [-0.25, -0.2) is 5.43 Å². The average molecular weight is 252 g/mol. The lowest BCUT2D eigenvalue weighted by atomic mass is 10.1. The maximum atomic E-state index is 10.8. The van der Waals surface area contributed by atoms with Crippen LogP contribution in [0.5, 0.6) is 5.75 Å². The summed E-state index contributed by atoms with van der Waals surface area (Å²) >= 11 is 0. The number of primary amides is 1. The summed E-state index contributed by atoms with van der Waals surface area (Å²) in [7, 11) is 0. The molecule has 18 heavy (non-hydrogen) atoms. The number of rotatable bonds is 3. The number of nitrogens with two attached hydrogens (primary N) is 1. The zero-order valence-electron chi connectivity index (χ0n) is 9.54. The van der Waals surface area contributed by atoms with Crippen LogP contribution in [0.1, 0.15) is 16.8 Å². The van der Waals surface area contributed by atoms with Gasteiger partial charge in [-0.1, -0.05) is 0 Å². The van der Waals surface area contributed by atoms with Crippen LogP contribution in [0.2, 0.25) is 0 Å². The van der Waals surface area contributed by atoms with E-state index < -0.39 is 11.8 Å². The molecule has 0 saturated heterocycles. The molecule has 8 nitrogen and oxygen atoms in total. The Labute approximate surface area is 102 Å². The molecule has 0 atom stereocenters. The van der Waals surface area contributed by atoms with Crippen LogP contribution in [-0.4, -0.2) is 33.2 Å². The number of aromatic nitrogens is 1. The van der Waals surface area contributed by atoms with Gasteiger partial charge in [0.25, 0.3) is 0 Å². The van der Waals surface area contributed by atoms with Crippen LogP contribution < -0.4 is 11.2 Å². The van der Waals surface area contributed by atoms with Crippen LogP contribution in [0.4, 0.5) is 0 Å². The Bertz CT molecular complexity index is 513. The molecule has 0 aromatic carbocycles. The molecule has 0 radical (unpaired) electrons. The molecule has 1 heterocycles. The van der Waals surface area contributed by atoms with E-state index in [4.69, 9.17) is 10.8 Å². The predicted molar refractivity (Wildman–Crippen MR) is 61.5 cm³/mol. The fourth-order valence-electron chi connectivity index (χ4n) is 1.13. The first kappa shape index (κ1) is 13.6. The van der Waals surface area contributed by atoms with Crippen LogP contribution in [0.25, 0.3) is 0 Å². The molecule has 2 amide bonds. The third-order valence-electron chi connectivity index (χ3n) is 2.11. The van der Waals surface area contributed by atoms with Crippen molar-refractivity contribution in [1.82, 2.24) is 10.4 Å². The molecule has 96 valence electrons. The Morgan fingerprint density at radius 2 is 2.28 bits per heavy atom. The highest BCUT2D eigenvalue weighted by Crippen LogP contribution is 2.21. The van der Waals surface area contributed by atoms with Crippen molar-refractivity contribution in [2.24, 2.45) is 10.8 Å². The summed E-state index contributed by atoms with van der Waals surface area (Å²) in [5.41, 5.74) is 7.45. The number of amides is 2. The summed E-state index contributed by atoms with van der Waals surface area (Å²) in [5, 5.41) is 22.2. The van der Waals surface area contributed by atoms with Gasteiger partial charge in [0.05, 0.1) is 18.5 Å². The quantitative estimate of drug-likeness (QED) is 0.295. The van der Waals surface area contributed by atoms with Crippen LogP contribution in [0.3, 0.4) is 0 Å². The summed E-state index contributed by atoms with van der Waals surface area (Å²) in [6, 6.07) is 0. The van der Waals surface area contributed by atoms with Crippen molar-refractivity contribution >= 4 is 18.0 Å². The largest absolute Gasteiger partial charge is 0.505 e. The first-order valence-corrected chi connectivity index (χ1v) is 4.88. The highest BCUT2D eigenvalue weighted by Gasteiger charge is 2.10. The zero-order chi connectivity index (χ0) is 13.7. The zero-order valence-corrected chi connectivity index (χ0v) is 9.54. The monoisotopic (exact) mass is 252 g/mol. The fraction of sp³-hybridized carbons (Fsp3) is 0.200. The highest BCUT2D eigenvalue weighted by molar-refractivity contribution is 6.34. The van der Waals surface area contributed by atoms with Gasteiger partial charge in [-0.15, -0.1) is 0 Å². The van der Waals surface area contributed by atoms with Crippen molar-refractivity contribution in [1.29, 1.82) is 0 Å². The van der Waals surface area contributed by atoms with E-state index in [1.807, 2.05) is 5.43 Å². The summed E-state index contributed by atoms with van der Waals surface area (Å²) in [5.74, 6) is -2.43. The van der Waals surface area contributed by atoms with Crippen molar-refractivity contribution in [3.8, 4) is 5.75 Å². The van der Waals surface area contributed by atoms with Gasteiger partial charge in [-0.05, 0) is 6.92 Å². The molecule has 1 rings (SSSR count). The van der Waals surface area contributed by atoms with Crippen LogP contribution in [0.15, 0.2) is 11.3 Å². The molecule has 8 heteroatoms. The number of aromatic hydroxyl groups is 1. The lowest BCUT2D eigenvalue weighted by Gasteiger charge is -2.06. The second-order valence-corrected chi connectivity index (χ2v) is 3.35. The number of nitrogens with one attached hydrogen (secondary N) is 1. The minimum absolute atomic E-state index is 0.168. The maximum absolute atomic E-state index is 10.8. The Morgan fingerprint density at radius 1 is 1.61 bits per heavy atom. The van der Waals surface area contributed by atoms with Crippen molar-refractivity contribution in [3.63, 3.8) is 0 Å². The van der Waals surface area contributed by atoms with Crippen LogP contribution in [0, 0.1) is 6.92 Å². The molecule has 0 aliphatic carbocycles. The molecule has 5 N–H and O–H groups in total. The second-order valence-electron chi connectivity index (χ2n) is 3.35. The third-order valence-corrected chi connectivity index (χ3v) is 2.11. The molecule has 0 bridgehead atoms. The van der Waals surface area contributed by atoms with Gasteiger partial charge in [0.15, 0.2) is 0 Å². The normalized spacial score (nSPS) is 10.6. The summed E-state index contributed by atoms with van der Waals surface area (Å²) in [4.78, 5) is 25.1. The standard InChI is InChI=1S/C10H12N4O4/c1-5-8(16)7(6(4-15)2-12-5)3-13-14-10(18)9(11)17/h2-3,15-16H,4H2,1H3,(H2,11,17)(H,14,18). The van der Waals surface area contributed by atoms with Gasteiger partial charge in [-0.2, -0.15) is 5.10 Å². The molecule has 0 fully saturated rings. The smallest absolute Gasteiger partial charge is 0.329 e. The second kappa shape index (κ2) is 5.73. The number of carbonyl (C=O) groups excluding carboxylic acids is 2. The first-order valence-electron chi connectivity index (χ1n) is 4.88. The minimum Gasteiger partial charge on any atom is -0.505 e. The summed E-state index contributed by atoms with van der Waals surface area (Å²) in [6.45, 7) is 1.21. The number of hydrogen-bond donors (Lipinski definition) is 4. The van der Waals surface area contributed by atoms with Crippen LogP contribution >= 0.6 is 0 Å². The Hall–Kier alpha value is -2.48.